The summed E-state index contributed by atoms with van der Waals surface area (Å²) in [5.74, 6) is -0.0726. The van der Waals surface area contributed by atoms with E-state index in [0.717, 1.165) is 25.7 Å². The highest BCUT2D eigenvalue weighted by molar-refractivity contribution is 5.69. The number of carbonyl (C=O) groups is 1. The fourth-order valence-corrected chi connectivity index (χ4v) is 1.65. The molecular formula is C13H26O3. The third kappa shape index (κ3) is 11.5. The van der Waals surface area contributed by atoms with Crippen molar-refractivity contribution in [1.82, 2.24) is 0 Å². The van der Waals surface area contributed by atoms with Crippen LogP contribution in [0.5, 0.6) is 0 Å². The number of hydrogen-bond acceptors (Lipinski definition) is 3. The third-order valence-electron chi connectivity index (χ3n) is 2.56. The molecule has 3 nitrogen and oxygen atoms in total. The minimum absolute atomic E-state index is 0.0726. The number of ether oxygens (including phenoxy) is 1. The molecule has 0 aliphatic heterocycles. The predicted molar refractivity (Wildman–Crippen MR) is 65.2 cm³/mol. The average molecular weight is 230 g/mol. The highest BCUT2D eigenvalue weighted by Crippen LogP contribution is 2.10. The zero-order valence-corrected chi connectivity index (χ0v) is 10.7. The zero-order chi connectivity index (χ0) is 12.2. The SMILES string of the molecule is CCOC(=O)CCCCCCCCC(C)O. The van der Waals surface area contributed by atoms with Crippen molar-refractivity contribution in [3.63, 3.8) is 0 Å². The van der Waals surface area contributed by atoms with Crippen LogP contribution in [0.25, 0.3) is 0 Å². The van der Waals surface area contributed by atoms with E-state index in [2.05, 4.69) is 0 Å². The molecule has 1 unspecified atom stereocenters. The summed E-state index contributed by atoms with van der Waals surface area (Å²) in [7, 11) is 0. The largest absolute Gasteiger partial charge is 0.466 e. The van der Waals surface area contributed by atoms with E-state index in [1.165, 1.54) is 19.3 Å². The standard InChI is InChI=1S/C13H26O3/c1-3-16-13(15)11-9-7-5-4-6-8-10-12(2)14/h12,14H,3-11H2,1-2H3. The number of rotatable bonds is 10. The fraction of sp³-hybridized carbons (Fsp3) is 0.923. The van der Waals surface area contributed by atoms with E-state index in [0.29, 0.717) is 13.0 Å². The van der Waals surface area contributed by atoms with Crippen LogP contribution in [0.3, 0.4) is 0 Å². The Hall–Kier alpha value is -0.570. The van der Waals surface area contributed by atoms with Crippen molar-refractivity contribution in [2.45, 2.75) is 71.3 Å². The molecule has 0 fully saturated rings. The van der Waals surface area contributed by atoms with E-state index in [9.17, 15) is 4.79 Å². The second kappa shape index (κ2) is 10.9. The lowest BCUT2D eigenvalue weighted by molar-refractivity contribution is -0.143. The highest BCUT2D eigenvalue weighted by Gasteiger charge is 2.00. The molecule has 0 aliphatic rings. The van der Waals surface area contributed by atoms with Crippen LogP contribution in [-0.2, 0) is 9.53 Å². The molecule has 0 radical (unpaired) electrons. The van der Waals surface area contributed by atoms with Crippen LogP contribution >= 0.6 is 0 Å². The van der Waals surface area contributed by atoms with Gasteiger partial charge in [0.15, 0.2) is 0 Å². The molecule has 0 aromatic carbocycles. The van der Waals surface area contributed by atoms with Crippen molar-refractivity contribution in [2.75, 3.05) is 6.61 Å². The second-order valence-electron chi connectivity index (χ2n) is 4.31. The molecule has 0 rings (SSSR count). The molecule has 96 valence electrons. The van der Waals surface area contributed by atoms with Gasteiger partial charge < -0.3 is 9.84 Å². The molecule has 0 heterocycles. The van der Waals surface area contributed by atoms with Gasteiger partial charge in [0, 0.05) is 6.42 Å². The van der Waals surface area contributed by atoms with Crippen LogP contribution < -0.4 is 0 Å². The summed E-state index contributed by atoms with van der Waals surface area (Å²) in [6.45, 7) is 4.15. The van der Waals surface area contributed by atoms with Crippen molar-refractivity contribution < 1.29 is 14.6 Å². The summed E-state index contributed by atoms with van der Waals surface area (Å²) in [5, 5.41) is 9.05. The van der Waals surface area contributed by atoms with E-state index in [1.807, 2.05) is 13.8 Å². The number of esters is 1. The second-order valence-corrected chi connectivity index (χ2v) is 4.31. The molecule has 0 aliphatic carbocycles. The van der Waals surface area contributed by atoms with Gasteiger partial charge >= 0.3 is 5.97 Å². The van der Waals surface area contributed by atoms with E-state index in [1.54, 1.807) is 0 Å². The molecule has 0 aromatic heterocycles. The molecule has 0 aromatic rings. The van der Waals surface area contributed by atoms with Gasteiger partial charge in [-0.2, -0.15) is 0 Å². The van der Waals surface area contributed by atoms with Crippen molar-refractivity contribution in [3.05, 3.63) is 0 Å². The lowest BCUT2D eigenvalue weighted by Crippen LogP contribution is -2.03. The van der Waals surface area contributed by atoms with Crippen LogP contribution in [0.2, 0.25) is 0 Å². The minimum atomic E-state index is -0.163. The third-order valence-corrected chi connectivity index (χ3v) is 2.56. The molecule has 0 amide bonds. The molecule has 0 bridgehead atoms. The maximum Gasteiger partial charge on any atom is 0.305 e. The van der Waals surface area contributed by atoms with E-state index < -0.39 is 0 Å². The molecule has 0 saturated carbocycles. The molecular weight excluding hydrogens is 204 g/mol. The number of unbranched alkanes of at least 4 members (excludes halogenated alkanes) is 5. The Morgan fingerprint density at radius 1 is 1.12 bits per heavy atom. The first-order chi connectivity index (χ1) is 7.66. The first-order valence-corrected chi connectivity index (χ1v) is 6.50. The maximum absolute atomic E-state index is 11.0. The van der Waals surface area contributed by atoms with Gasteiger partial charge in [-0.25, -0.2) is 0 Å². The van der Waals surface area contributed by atoms with Gasteiger partial charge in [0.1, 0.15) is 0 Å². The number of carbonyl (C=O) groups excluding carboxylic acids is 1. The Bertz CT molecular complexity index is 167. The maximum atomic E-state index is 11.0. The molecule has 0 saturated heterocycles. The van der Waals surface area contributed by atoms with Gasteiger partial charge in [-0.05, 0) is 26.7 Å². The number of aliphatic hydroxyl groups is 1. The van der Waals surface area contributed by atoms with Crippen molar-refractivity contribution >= 4 is 5.97 Å². The fourth-order valence-electron chi connectivity index (χ4n) is 1.65. The summed E-state index contributed by atoms with van der Waals surface area (Å²) in [6, 6.07) is 0. The summed E-state index contributed by atoms with van der Waals surface area (Å²) in [5.41, 5.74) is 0. The Morgan fingerprint density at radius 2 is 1.69 bits per heavy atom. The minimum Gasteiger partial charge on any atom is -0.466 e. The van der Waals surface area contributed by atoms with E-state index in [-0.39, 0.29) is 12.1 Å². The van der Waals surface area contributed by atoms with Gasteiger partial charge in [-0.3, -0.25) is 4.79 Å². The Kier molecular flexibility index (Phi) is 10.5. The van der Waals surface area contributed by atoms with Gasteiger partial charge in [-0.1, -0.05) is 32.1 Å². The quantitative estimate of drug-likeness (QED) is 0.463. The molecule has 1 N–H and O–H groups in total. The van der Waals surface area contributed by atoms with Crippen LogP contribution in [0, 0.1) is 0 Å². The smallest absolute Gasteiger partial charge is 0.305 e. The molecule has 16 heavy (non-hydrogen) atoms. The molecule has 3 heteroatoms. The number of hydrogen-bond donors (Lipinski definition) is 1. The summed E-state index contributed by atoms with van der Waals surface area (Å²) < 4.78 is 4.85. The first-order valence-electron chi connectivity index (χ1n) is 6.50. The average Bonchev–Trinajstić information content (AvgIpc) is 2.22. The Labute approximate surface area is 99.2 Å². The normalized spacial score (nSPS) is 12.4. The Morgan fingerprint density at radius 3 is 2.25 bits per heavy atom. The van der Waals surface area contributed by atoms with Crippen LogP contribution in [0.15, 0.2) is 0 Å². The topological polar surface area (TPSA) is 46.5 Å². The number of aliphatic hydroxyl groups excluding tert-OH is 1. The highest BCUT2D eigenvalue weighted by atomic mass is 16.5. The first kappa shape index (κ1) is 15.4. The van der Waals surface area contributed by atoms with E-state index >= 15 is 0 Å². The predicted octanol–water partition coefficient (Wildman–Crippen LogP) is 3.05. The summed E-state index contributed by atoms with van der Waals surface area (Å²) in [4.78, 5) is 11.0. The van der Waals surface area contributed by atoms with Crippen LogP contribution in [0.1, 0.15) is 65.2 Å². The zero-order valence-electron chi connectivity index (χ0n) is 10.7. The van der Waals surface area contributed by atoms with Crippen LogP contribution in [0.4, 0.5) is 0 Å². The van der Waals surface area contributed by atoms with Gasteiger partial charge in [-0.15, -0.1) is 0 Å². The van der Waals surface area contributed by atoms with Gasteiger partial charge in [0.2, 0.25) is 0 Å². The molecule has 0 spiro atoms. The monoisotopic (exact) mass is 230 g/mol. The van der Waals surface area contributed by atoms with E-state index in [4.69, 9.17) is 9.84 Å². The summed E-state index contributed by atoms with van der Waals surface area (Å²) >= 11 is 0. The Balaban J connectivity index is 3.07. The van der Waals surface area contributed by atoms with Crippen molar-refractivity contribution in [1.29, 1.82) is 0 Å². The van der Waals surface area contributed by atoms with Gasteiger partial charge in [0.05, 0.1) is 12.7 Å². The summed E-state index contributed by atoms with van der Waals surface area (Å²) in [6.07, 6.45) is 8.02. The van der Waals surface area contributed by atoms with Crippen molar-refractivity contribution in [3.8, 4) is 0 Å². The van der Waals surface area contributed by atoms with Crippen molar-refractivity contribution in [2.24, 2.45) is 0 Å². The van der Waals surface area contributed by atoms with Gasteiger partial charge in [0.25, 0.3) is 0 Å². The molecule has 1 atom stereocenters. The lowest BCUT2D eigenvalue weighted by atomic mass is 10.1. The van der Waals surface area contributed by atoms with Crippen LogP contribution in [-0.4, -0.2) is 23.8 Å². The lowest BCUT2D eigenvalue weighted by Gasteiger charge is -2.04.